The number of ketones is 1. The van der Waals surface area contributed by atoms with E-state index in [0.717, 1.165) is 17.9 Å². The Morgan fingerprint density at radius 2 is 1.62 bits per heavy atom. The molecule has 0 fully saturated rings. The molecule has 0 aliphatic heterocycles. The third-order valence-corrected chi connectivity index (χ3v) is 2.99. The first kappa shape index (κ1) is 15.0. The summed E-state index contributed by atoms with van der Waals surface area (Å²) in [5.74, 6) is 2.11. The molecule has 0 heterocycles. The number of hydrogen-bond acceptors (Lipinski definition) is 2. The summed E-state index contributed by atoms with van der Waals surface area (Å²) in [5, 5.41) is 0. The average Bonchev–Trinajstić information content (AvgIpc) is 2.48. The highest BCUT2D eigenvalue weighted by molar-refractivity contribution is 6.04. The van der Waals surface area contributed by atoms with E-state index in [1.807, 2.05) is 48.5 Å². The topological polar surface area (TPSA) is 26.3 Å². The predicted molar refractivity (Wildman–Crippen MR) is 85.9 cm³/mol. The van der Waals surface area contributed by atoms with Crippen LogP contribution in [0.5, 0.6) is 11.5 Å². The van der Waals surface area contributed by atoms with Gasteiger partial charge in [0.25, 0.3) is 0 Å². The molecule has 0 bridgehead atoms. The van der Waals surface area contributed by atoms with Gasteiger partial charge in [0, 0.05) is 5.56 Å². The zero-order valence-electron chi connectivity index (χ0n) is 12.5. The van der Waals surface area contributed by atoms with Gasteiger partial charge < -0.3 is 4.74 Å². The molecule has 0 radical (unpaired) electrons. The number of para-hydroxylation sites is 1. The summed E-state index contributed by atoms with van der Waals surface area (Å²) in [6, 6.07) is 16.8. The number of allylic oxidation sites excluding steroid dienone is 2. The summed E-state index contributed by atoms with van der Waals surface area (Å²) in [6.07, 6.45) is 4.50. The molecular formula is C19H20O2. The molecule has 0 unspecified atom stereocenters. The van der Waals surface area contributed by atoms with Crippen molar-refractivity contribution in [1.82, 2.24) is 0 Å². The van der Waals surface area contributed by atoms with Gasteiger partial charge in [0.1, 0.15) is 11.5 Å². The first-order valence-electron chi connectivity index (χ1n) is 7.19. The van der Waals surface area contributed by atoms with Crippen LogP contribution in [0.3, 0.4) is 0 Å². The molecule has 0 aromatic heterocycles. The Hall–Kier alpha value is -2.35. The minimum Gasteiger partial charge on any atom is -0.457 e. The Bertz CT molecular complexity index is 595. The van der Waals surface area contributed by atoms with Crippen molar-refractivity contribution >= 4 is 5.78 Å². The van der Waals surface area contributed by atoms with E-state index in [1.54, 1.807) is 18.2 Å². The largest absolute Gasteiger partial charge is 0.457 e. The summed E-state index contributed by atoms with van der Waals surface area (Å²) in [6.45, 7) is 4.26. The molecule has 0 amide bonds. The summed E-state index contributed by atoms with van der Waals surface area (Å²) in [4.78, 5) is 12.0. The molecule has 0 N–H and O–H groups in total. The van der Waals surface area contributed by atoms with Gasteiger partial charge >= 0.3 is 0 Å². The van der Waals surface area contributed by atoms with E-state index in [-0.39, 0.29) is 5.78 Å². The van der Waals surface area contributed by atoms with Gasteiger partial charge in [0.15, 0.2) is 5.78 Å². The SMILES string of the molecule is CC(C)C/C=C/C(=O)c1ccc(Oc2ccccc2)cc1. The first-order chi connectivity index (χ1) is 10.1. The van der Waals surface area contributed by atoms with Gasteiger partial charge in [-0.15, -0.1) is 0 Å². The maximum Gasteiger partial charge on any atom is 0.185 e. The second-order valence-electron chi connectivity index (χ2n) is 5.34. The molecule has 0 spiro atoms. The minimum atomic E-state index is 0.0295. The lowest BCUT2D eigenvalue weighted by Gasteiger charge is -2.05. The van der Waals surface area contributed by atoms with E-state index in [1.165, 1.54) is 0 Å². The van der Waals surface area contributed by atoms with Gasteiger partial charge in [-0.05, 0) is 54.8 Å². The Labute approximate surface area is 126 Å². The summed E-state index contributed by atoms with van der Waals surface area (Å²) >= 11 is 0. The fourth-order valence-corrected chi connectivity index (χ4v) is 1.86. The smallest absolute Gasteiger partial charge is 0.185 e. The molecule has 2 nitrogen and oxygen atoms in total. The van der Waals surface area contributed by atoms with E-state index >= 15 is 0 Å². The molecule has 0 saturated heterocycles. The Kier molecular flexibility index (Phi) is 5.33. The fourth-order valence-electron chi connectivity index (χ4n) is 1.86. The molecule has 108 valence electrons. The van der Waals surface area contributed by atoms with Crippen molar-refractivity contribution in [2.24, 2.45) is 5.92 Å². The average molecular weight is 280 g/mol. The number of rotatable bonds is 6. The standard InChI is InChI=1S/C19H20O2/c1-15(2)7-6-10-19(20)16-11-13-18(14-12-16)21-17-8-4-3-5-9-17/h3-6,8-15H,7H2,1-2H3/b10-6+. The van der Waals surface area contributed by atoms with Gasteiger partial charge in [-0.1, -0.05) is 38.1 Å². The van der Waals surface area contributed by atoms with Crippen LogP contribution < -0.4 is 4.74 Å². The quantitative estimate of drug-likeness (QED) is 0.532. The van der Waals surface area contributed by atoms with Crippen LogP contribution >= 0.6 is 0 Å². The molecule has 0 aliphatic carbocycles. The van der Waals surface area contributed by atoms with Crippen LogP contribution in [0.4, 0.5) is 0 Å². The van der Waals surface area contributed by atoms with Crippen molar-refractivity contribution in [3.8, 4) is 11.5 Å². The molecular weight excluding hydrogens is 260 g/mol. The summed E-state index contributed by atoms with van der Waals surface area (Å²) in [7, 11) is 0. The monoisotopic (exact) mass is 280 g/mol. The predicted octanol–water partition coefficient (Wildman–Crippen LogP) is 5.26. The van der Waals surface area contributed by atoms with Crippen LogP contribution in [-0.4, -0.2) is 5.78 Å². The molecule has 0 aliphatic rings. The lowest BCUT2D eigenvalue weighted by molar-refractivity contribution is 0.104. The highest BCUT2D eigenvalue weighted by atomic mass is 16.5. The van der Waals surface area contributed by atoms with Crippen LogP contribution in [0.1, 0.15) is 30.6 Å². The molecule has 2 heteroatoms. The zero-order valence-corrected chi connectivity index (χ0v) is 12.5. The van der Waals surface area contributed by atoms with Crippen molar-refractivity contribution in [3.05, 3.63) is 72.3 Å². The maximum absolute atomic E-state index is 12.0. The van der Waals surface area contributed by atoms with Crippen LogP contribution in [0.2, 0.25) is 0 Å². The lowest BCUT2D eigenvalue weighted by Crippen LogP contribution is -1.94. The molecule has 21 heavy (non-hydrogen) atoms. The van der Waals surface area contributed by atoms with Crippen LogP contribution in [0.25, 0.3) is 0 Å². The molecule has 0 atom stereocenters. The van der Waals surface area contributed by atoms with Gasteiger partial charge in [0.2, 0.25) is 0 Å². The molecule has 2 rings (SSSR count). The van der Waals surface area contributed by atoms with Crippen molar-refractivity contribution in [3.63, 3.8) is 0 Å². The molecule has 2 aromatic rings. The molecule has 2 aromatic carbocycles. The van der Waals surface area contributed by atoms with E-state index < -0.39 is 0 Å². The van der Waals surface area contributed by atoms with Gasteiger partial charge in [0.05, 0.1) is 0 Å². The minimum absolute atomic E-state index is 0.0295. The normalized spacial score (nSPS) is 11.0. The van der Waals surface area contributed by atoms with Crippen molar-refractivity contribution in [2.45, 2.75) is 20.3 Å². The number of ether oxygens (including phenoxy) is 1. The third-order valence-electron chi connectivity index (χ3n) is 2.99. The first-order valence-corrected chi connectivity index (χ1v) is 7.19. The van der Waals surface area contributed by atoms with E-state index in [9.17, 15) is 4.79 Å². The third kappa shape index (κ3) is 4.92. The Morgan fingerprint density at radius 3 is 2.24 bits per heavy atom. The number of benzene rings is 2. The highest BCUT2D eigenvalue weighted by Gasteiger charge is 2.03. The van der Waals surface area contributed by atoms with Crippen molar-refractivity contribution in [2.75, 3.05) is 0 Å². The van der Waals surface area contributed by atoms with Crippen molar-refractivity contribution < 1.29 is 9.53 Å². The van der Waals surface area contributed by atoms with Crippen LogP contribution in [0, 0.1) is 5.92 Å². The fraction of sp³-hybridized carbons (Fsp3) is 0.211. The summed E-state index contributed by atoms with van der Waals surface area (Å²) in [5.41, 5.74) is 0.676. The van der Waals surface area contributed by atoms with Crippen molar-refractivity contribution in [1.29, 1.82) is 0 Å². The number of hydrogen-bond donors (Lipinski definition) is 0. The second-order valence-corrected chi connectivity index (χ2v) is 5.34. The van der Waals surface area contributed by atoms with Gasteiger partial charge in [-0.2, -0.15) is 0 Å². The van der Waals surface area contributed by atoms with E-state index in [0.29, 0.717) is 11.5 Å². The maximum atomic E-state index is 12.0. The summed E-state index contributed by atoms with van der Waals surface area (Å²) < 4.78 is 5.70. The highest BCUT2D eigenvalue weighted by Crippen LogP contribution is 2.21. The van der Waals surface area contributed by atoms with Gasteiger partial charge in [-0.25, -0.2) is 0 Å². The number of carbonyl (C=O) groups excluding carboxylic acids is 1. The zero-order chi connectivity index (χ0) is 15.1. The Morgan fingerprint density at radius 1 is 1.00 bits per heavy atom. The lowest BCUT2D eigenvalue weighted by atomic mass is 10.1. The van der Waals surface area contributed by atoms with Gasteiger partial charge in [-0.3, -0.25) is 4.79 Å². The Balaban J connectivity index is 1.98. The van der Waals surface area contributed by atoms with Crippen LogP contribution in [0.15, 0.2) is 66.7 Å². The number of carbonyl (C=O) groups is 1. The van der Waals surface area contributed by atoms with E-state index in [2.05, 4.69) is 13.8 Å². The second kappa shape index (κ2) is 7.44. The van der Waals surface area contributed by atoms with E-state index in [4.69, 9.17) is 4.74 Å². The van der Waals surface area contributed by atoms with Crippen LogP contribution in [-0.2, 0) is 0 Å². The molecule has 0 saturated carbocycles.